The van der Waals surface area contributed by atoms with Gasteiger partial charge in [0.1, 0.15) is 10.3 Å². The molecule has 0 fully saturated rings. The minimum Gasteiger partial charge on any atom is -0.325 e. The van der Waals surface area contributed by atoms with Crippen LogP contribution >= 0.6 is 11.3 Å². The molecule has 19 heavy (non-hydrogen) atoms. The first kappa shape index (κ1) is 14.2. The standard InChI is InChI=1S/C13H16N2O2S2/c1-9(19(2,16)17)13-15-11(8-14)12(18-13)10-6-4-3-5-7-10/h3-7,9H,8,14H2,1-2H3. The van der Waals surface area contributed by atoms with E-state index >= 15 is 0 Å². The Morgan fingerprint density at radius 2 is 1.95 bits per heavy atom. The van der Waals surface area contributed by atoms with E-state index in [0.29, 0.717) is 11.6 Å². The molecule has 0 saturated heterocycles. The van der Waals surface area contributed by atoms with E-state index in [1.165, 1.54) is 17.6 Å². The van der Waals surface area contributed by atoms with E-state index in [1.54, 1.807) is 6.92 Å². The van der Waals surface area contributed by atoms with Crippen LogP contribution in [0.5, 0.6) is 0 Å². The molecule has 4 nitrogen and oxygen atoms in total. The molecule has 6 heteroatoms. The largest absolute Gasteiger partial charge is 0.325 e. The van der Waals surface area contributed by atoms with Gasteiger partial charge in [0, 0.05) is 12.8 Å². The maximum Gasteiger partial charge on any atom is 0.156 e. The molecular weight excluding hydrogens is 280 g/mol. The first-order chi connectivity index (χ1) is 8.93. The molecule has 1 atom stereocenters. The predicted molar refractivity (Wildman–Crippen MR) is 78.7 cm³/mol. The Morgan fingerprint density at radius 1 is 1.32 bits per heavy atom. The molecule has 0 saturated carbocycles. The van der Waals surface area contributed by atoms with Gasteiger partial charge in [-0.25, -0.2) is 13.4 Å². The third-order valence-electron chi connectivity index (χ3n) is 2.93. The van der Waals surface area contributed by atoms with E-state index in [2.05, 4.69) is 4.98 Å². The van der Waals surface area contributed by atoms with Crippen LogP contribution in [-0.2, 0) is 16.4 Å². The molecule has 0 aliphatic rings. The van der Waals surface area contributed by atoms with Gasteiger partial charge in [-0.1, -0.05) is 30.3 Å². The van der Waals surface area contributed by atoms with Crippen LogP contribution in [0.25, 0.3) is 10.4 Å². The summed E-state index contributed by atoms with van der Waals surface area (Å²) in [5.74, 6) is 0. The molecule has 2 aromatic rings. The van der Waals surface area contributed by atoms with Crippen LogP contribution in [0, 0.1) is 0 Å². The number of sulfone groups is 1. The average Bonchev–Trinajstić information content (AvgIpc) is 2.81. The van der Waals surface area contributed by atoms with Gasteiger partial charge in [-0.3, -0.25) is 0 Å². The van der Waals surface area contributed by atoms with Crippen molar-refractivity contribution in [3.8, 4) is 10.4 Å². The van der Waals surface area contributed by atoms with Gasteiger partial charge in [0.05, 0.1) is 10.6 Å². The topological polar surface area (TPSA) is 73.0 Å². The maximum absolute atomic E-state index is 11.6. The summed E-state index contributed by atoms with van der Waals surface area (Å²) in [4.78, 5) is 5.34. The Labute approximate surface area is 117 Å². The van der Waals surface area contributed by atoms with E-state index in [1.807, 2.05) is 30.3 Å². The molecule has 0 aliphatic carbocycles. The first-order valence-corrected chi connectivity index (χ1v) is 8.64. The number of benzene rings is 1. The minimum atomic E-state index is -3.14. The van der Waals surface area contributed by atoms with Gasteiger partial charge in [-0.15, -0.1) is 11.3 Å². The highest BCUT2D eigenvalue weighted by molar-refractivity contribution is 7.91. The Balaban J connectivity index is 2.50. The highest BCUT2D eigenvalue weighted by atomic mass is 32.2. The Morgan fingerprint density at radius 3 is 2.47 bits per heavy atom. The highest BCUT2D eigenvalue weighted by Crippen LogP contribution is 2.34. The second-order valence-electron chi connectivity index (χ2n) is 4.37. The fraction of sp³-hybridized carbons (Fsp3) is 0.308. The van der Waals surface area contributed by atoms with Gasteiger partial charge >= 0.3 is 0 Å². The summed E-state index contributed by atoms with van der Waals surface area (Å²) >= 11 is 1.40. The number of rotatable bonds is 4. The smallest absolute Gasteiger partial charge is 0.156 e. The van der Waals surface area contributed by atoms with Gasteiger partial charge in [0.15, 0.2) is 9.84 Å². The molecule has 0 radical (unpaired) electrons. The molecule has 2 N–H and O–H groups in total. The van der Waals surface area contributed by atoms with Crippen molar-refractivity contribution in [1.29, 1.82) is 0 Å². The Bertz CT molecular complexity index is 663. The molecule has 102 valence electrons. The summed E-state index contributed by atoms with van der Waals surface area (Å²) in [6, 6.07) is 9.76. The van der Waals surface area contributed by atoms with Crippen molar-refractivity contribution in [3.63, 3.8) is 0 Å². The SMILES string of the molecule is CC(c1nc(CN)c(-c2ccccc2)s1)S(C)(=O)=O. The van der Waals surface area contributed by atoms with Crippen LogP contribution in [0.15, 0.2) is 30.3 Å². The highest BCUT2D eigenvalue weighted by Gasteiger charge is 2.23. The van der Waals surface area contributed by atoms with Crippen LogP contribution in [-0.4, -0.2) is 19.7 Å². The fourth-order valence-electron chi connectivity index (χ4n) is 1.68. The van der Waals surface area contributed by atoms with Crippen LogP contribution in [0.2, 0.25) is 0 Å². The number of aromatic nitrogens is 1. The van der Waals surface area contributed by atoms with Crippen LogP contribution in [0.1, 0.15) is 22.9 Å². The van der Waals surface area contributed by atoms with Gasteiger partial charge in [0.25, 0.3) is 0 Å². The summed E-state index contributed by atoms with van der Waals surface area (Å²) < 4.78 is 23.2. The van der Waals surface area contributed by atoms with E-state index in [9.17, 15) is 8.42 Å². The molecule has 0 aliphatic heterocycles. The number of hydrogen-bond acceptors (Lipinski definition) is 5. The zero-order valence-electron chi connectivity index (χ0n) is 10.8. The maximum atomic E-state index is 11.6. The van der Waals surface area contributed by atoms with Gasteiger partial charge in [0.2, 0.25) is 0 Å². The number of nitrogens with zero attached hydrogens (tertiary/aromatic N) is 1. The predicted octanol–water partition coefficient (Wildman–Crippen LogP) is 2.37. The summed E-state index contributed by atoms with van der Waals surface area (Å²) in [7, 11) is -3.14. The number of hydrogen-bond donors (Lipinski definition) is 1. The van der Waals surface area contributed by atoms with E-state index in [4.69, 9.17) is 5.73 Å². The molecule has 0 spiro atoms. The number of nitrogens with two attached hydrogens (primary N) is 1. The average molecular weight is 296 g/mol. The molecule has 1 aromatic heterocycles. The molecule has 1 unspecified atom stereocenters. The third-order valence-corrected chi connectivity index (χ3v) is 5.92. The Hall–Kier alpha value is -1.24. The molecule has 1 aromatic carbocycles. The molecule has 2 rings (SSSR count). The molecular formula is C13H16N2O2S2. The first-order valence-electron chi connectivity index (χ1n) is 5.87. The van der Waals surface area contributed by atoms with Gasteiger partial charge in [-0.2, -0.15) is 0 Å². The van der Waals surface area contributed by atoms with E-state index in [0.717, 1.165) is 16.1 Å². The molecule has 0 bridgehead atoms. The van der Waals surface area contributed by atoms with Crippen molar-refractivity contribution >= 4 is 21.2 Å². The number of thiazole rings is 1. The summed E-state index contributed by atoms with van der Waals surface area (Å²) in [6.07, 6.45) is 1.23. The van der Waals surface area contributed by atoms with Crippen molar-refractivity contribution in [1.82, 2.24) is 4.98 Å². The second kappa shape index (κ2) is 5.40. The monoisotopic (exact) mass is 296 g/mol. The van der Waals surface area contributed by atoms with Crippen LogP contribution in [0.3, 0.4) is 0 Å². The molecule has 0 amide bonds. The lowest BCUT2D eigenvalue weighted by atomic mass is 10.1. The summed E-state index contributed by atoms with van der Waals surface area (Å²) in [5, 5.41) is 0.00191. The van der Waals surface area contributed by atoms with E-state index < -0.39 is 15.1 Å². The zero-order valence-corrected chi connectivity index (χ0v) is 12.5. The van der Waals surface area contributed by atoms with Crippen LogP contribution in [0.4, 0.5) is 0 Å². The molecule has 1 heterocycles. The normalized spacial score (nSPS) is 13.4. The van der Waals surface area contributed by atoms with Gasteiger partial charge in [-0.05, 0) is 12.5 Å². The summed E-state index contributed by atoms with van der Waals surface area (Å²) in [5.41, 5.74) is 7.48. The van der Waals surface area contributed by atoms with E-state index in [-0.39, 0.29) is 0 Å². The lowest BCUT2D eigenvalue weighted by Crippen LogP contribution is -2.07. The fourth-order valence-corrected chi connectivity index (χ4v) is 3.80. The van der Waals surface area contributed by atoms with Crippen molar-refractivity contribution in [2.24, 2.45) is 5.73 Å². The zero-order chi connectivity index (χ0) is 14.0. The second-order valence-corrected chi connectivity index (χ2v) is 7.77. The van der Waals surface area contributed by atoms with Crippen molar-refractivity contribution in [2.45, 2.75) is 18.7 Å². The lowest BCUT2D eigenvalue weighted by molar-refractivity contribution is 0.592. The van der Waals surface area contributed by atoms with Gasteiger partial charge < -0.3 is 5.73 Å². The summed E-state index contributed by atoms with van der Waals surface area (Å²) in [6.45, 7) is 1.96. The lowest BCUT2D eigenvalue weighted by Gasteiger charge is -2.03. The minimum absolute atomic E-state index is 0.303. The van der Waals surface area contributed by atoms with Crippen molar-refractivity contribution < 1.29 is 8.42 Å². The quantitative estimate of drug-likeness (QED) is 0.940. The third kappa shape index (κ3) is 3.02. The van der Waals surface area contributed by atoms with Crippen LogP contribution < -0.4 is 5.73 Å². The Kier molecular flexibility index (Phi) is 4.03. The van der Waals surface area contributed by atoms with Crippen molar-refractivity contribution in [3.05, 3.63) is 41.0 Å². The van der Waals surface area contributed by atoms with Crippen molar-refractivity contribution in [2.75, 3.05) is 6.26 Å².